The Bertz CT molecular complexity index is 464. The monoisotopic (exact) mass is 266 g/mol. The van der Waals surface area contributed by atoms with E-state index in [1.165, 1.54) is 0 Å². The van der Waals surface area contributed by atoms with Gasteiger partial charge in [-0.1, -0.05) is 6.07 Å². The van der Waals surface area contributed by atoms with E-state index in [2.05, 4.69) is 25.9 Å². The number of nitrogens with two attached hydrogens (primary N) is 1. The van der Waals surface area contributed by atoms with Crippen LogP contribution < -0.4 is 5.73 Å². The molecule has 2 rings (SSSR count). The van der Waals surface area contributed by atoms with Crippen LogP contribution in [0.3, 0.4) is 0 Å². The van der Waals surface area contributed by atoms with E-state index in [9.17, 15) is 0 Å². The van der Waals surface area contributed by atoms with Crippen LogP contribution in [0.4, 0.5) is 0 Å². The van der Waals surface area contributed by atoms with Gasteiger partial charge in [0.25, 0.3) is 0 Å². The van der Waals surface area contributed by atoms with Crippen molar-refractivity contribution in [3.05, 3.63) is 34.7 Å². The van der Waals surface area contributed by atoms with Crippen LogP contribution in [0.1, 0.15) is 5.69 Å². The standard InChI is InChI=1S/C10H11BrN4/c1-15-9(11)8(6-12)14-10(15)7-4-2-3-5-13-7/h2-5H,6,12H2,1H3. The topological polar surface area (TPSA) is 56.7 Å². The second kappa shape index (κ2) is 4.12. The van der Waals surface area contributed by atoms with Crippen molar-refractivity contribution >= 4 is 15.9 Å². The minimum absolute atomic E-state index is 0.418. The average molecular weight is 267 g/mol. The first-order chi connectivity index (χ1) is 7.24. The summed E-state index contributed by atoms with van der Waals surface area (Å²) in [4.78, 5) is 8.68. The normalized spacial score (nSPS) is 10.6. The lowest BCUT2D eigenvalue weighted by atomic mass is 10.3. The van der Waals surface area contributed by atoms with Gasteiger partial charge in [-0.05, 0) is 28.1 Å². The smallest absolute Gasteiger partial charge is 0.159 e. The Morgan fingerprint density at radius 2 is 2.27 bits per heavy atom. The summed E-state index contributed by atoms with van der Waals surface area (Å²) in [5.41, 5.74) is 7.28. The van der Waals surface area contributed by atoms with E-state index in [0.717, 1.165) is 21.8 Å². The Morgan fingerprint density at radius 1 is 1.47 bits per heavy atom. The van der Waals surface area contributed by atoms with Crippen molar-refractivity contribution in [2.45, 2.75) is 6.54 Å². The summed E-state index contributed by atoms with van der Waals surface area (Å²) in [6, 6.07) is 5.74. The van der Waals surface area contributed by atoms with Crippen LogP contribution in [0.5, 0.6) is 0 Å². The quantitative estimate of drug-likeness (QED) is 0.901. The summed E-state index contributed by atoms with van der Waals surface area (Å²) in [5.74, 6) is 0.822. The summed E-state index contributed by atoms with van der Waals surface area (Å²) in [6.45, 7) is 0.418. The fraction of sp³-hybridized carbons (Fsp3) is 0.200. The fourth-order valence-corrected chi connectivity index (χ4v) is 1.81. The molecule has 4 nitrogen and oxygen atoms in total. The first-order valence-electron chi connectivity index (χ1n) is 4.56. The lowest BCUT2D eigenvalue weighted by Gasteiger charge is -2.00. The van der Waals surface area contributed by atoms with Crippen molar-refractivity contribution in [3.63, 3.8) is 0 Å². The molecule has 0 bridgehead atoms. The van der Waals surface area contributed by atoms with Crippen molar-refractivity contribution in [3.8, 4) is 11.5 Å². The SMILES string of the molecule is Cn1c(-c2ccccn2)nc(CN)c1Br. The van der Waals surface area contributed by atoms with E-state index >= 15 is 0 Å². The molecule has 15 heavy (non-hydrogen) atoms. The number of rotatable bonds is 2. The Hall–Kier alpha value is -1.20. The van der Waals surface area contributed by atoms with Gasteiger partial charge in [-0.15, -0.1) is 0 Å². The van der Waals surface area contributed by atoms with Crippen LogP contribution in [-0.4, -0.2) is 14.5 Å². The number of aromatic nitrogens is 3. The number of halogens is 1. The Kier molecular flexibility index (Phi) is 2.83. The molecule has 0 aromatic carbocycles. The fourth-order valence-electron chi connectivity index (χ4n) is 1.39. The lowest BCUT2D eigenvalue weighted by molar-refractivity contribution is 0.889. The van der Waals surface area contributed by atoms with Gasteiger partial charge in [0, 0.05) is 19.8 Å². The molecule has 0 saturated heterocycles. The number of hydrogen-bond donors (Lipinski definition) is 1. The molecule has 0 spiro atoms. The van der Waals surface area contributed by atoms with Crippen LogP contribution in [0.25, 0.3) is 11.5 Å². The molecule has 2 N–H and O–H groups in total. The summed E-state index contributed by atoms with van der Waals surface area (Å²) in [7, 11) is 1.93. The molecule has 0 atom stereocenters. The molecule has 0 aliphatic rings. The third-order valence-corrected chi connectivity index (χ3v) is 3.17. The molecule has 0 amide bonds. The van der Waals surface area contributed by atoms with Gasteiger partial charge < -0.3 is 10.3 Å². The van der Waals surface area contributed by atoms with Crippen LogP contribution in [0.2, 0.25) is 0 Å². The third-order valence-electron chi connectivity index (χ3n) is 2.18. The zero-order chi connectivity index (χ0) is 10.8. The Labute approximate surface area is 96.3 Å². The number of imidazole rings is 1. The third kappa shape index (κ3) is 1.80. The molecule has 0 fully saturated rings. The van der Waals surface area contributed by atoms with Crippen molar-refractivity contribution in [1.82, 2.24) is 14.5 Å². The van der Waals surface area contributed by atoms with Gasteiger partial charge in [0.15, 0.2) is 5.82 Å². The number of nitrogens with zero attached hydrogens (tertiary/aromatic N) is 3. The first-order valence-corrected chi connectivity index (χ1v) is 5.36. The van der Waals surface area contributed by atoms with E-state index in [-0.39, 0.29) is 0 Å². The van der Waals surface area contributed by atoms with Crippen molar-refractivity contribution < 1.29 is 0 Å². The van der Waals surface area contributed by atoms with Gasteiger partial charge in [0.2, 0.25) is 0 Å². The molecule has 2 aromatic heterocycles. The second-order valence-corrected chi connectivity index (χ2v) is 3.90. The first kappa shape index (κ1) is 10.3. The second-order valence-electron chi connectivity index (χ2n) is 3.15. The van der Waals surface area contributed by atoms with E-state index < -0.39 is 0 Å². The van der Waals surface area contributed by atoms with E-state index in [4.69, 9.17) is 5.73 Å². The van der Waals surface area contributed by atoms with Crippen LogP contribution in [0.15, 0.2) is 29.0 Å². The van der Waals surface area contributed by atoms with Crippen molar-refractivity contribution in [2.24, 2.45) is 12.8 Å². The molecule has 0 aliphatic carbocycles. The molecule has 78 valence electrons. The van der Waals surface area contributed by atoms with Gasteiger partial charge >= 0.3 is 0 Å². The van der Waals surface area contributed by atoms with Gasteiger partial charge in [-0.2, -0.15) is 0 Å². The zero-order valence-corrected chi connectivity index (χ0v) is 9.90. The molecular weight excluding hydrogens is 256 g/mol. The highest BCUT2D eigenvalue weighted by Gasteiger charge is 2.12. The molecule has 2 heterocycles. The Balaban J connectivity index is 2.55. The predicted molar refractivity (Wildman–Crippen MR) is 62.0 cm³/mol. The van der Waals surface area contributed by atoms with Crippen LogP contribution in [-0.2, 0) is 13.6 Å². The highest BCUT2D eigenvalue weighted by Crippen LogP contribution is 2.23. The van der Waals surface area contributed by atoms with Gasteiger partial charge in [-0.25, -0.2) is 4.98 Å². The maximum Gasteiger partial charge on any atom is 0.159 e. The highest BCUT2D eigenvalue weighted by atomic mass is 79.9. The molecule has 5 heteroatoms. The molecule has 0 unspecified atom stereocenters. The molecule has 0 radical (unpaired) electrons. The van der Waals surface area contributed by atoms with E-state index in [0.29, 0.717) is 6.54 Å². The van der Waals surface area contributed by atoms with Crippen molar-refractivity contribution in [2.75, 3.05) is 0 Å². The summed E-state index contributed by atoms with van der Waals surface area (Å²) < 4.78 is 2.84. The minimum Gasteiger partial charge on any atom is -0.325 e. The average Bonchev–Trinajstić information content (AvgIpc) is 2.57. The predicted octanol–water partition coefficient (Wildman–Crippen LogP) is 1.70. The lowest BCUT2D eigenvalue weighted by Crippen LogP contribution is -1.97. The molecule has 0 aliphatic heterocycles. The number of hydrogen-bond acceptors (Lipinski definition) is 3. The molecular formula is C10H11BrN4. The van der Waals surface area contributed by atoms with Crippen LogP contribution >= 0.6 is 15.9 Å². The zero-order valence-electron chi connectivity index (χ0n) is 8.31. The maximum absolute atomic E-state index is 5.58. The summed E-state index contributed by atoms with van der Waals surface area (Å²) >= 11 is 3.45. The maximum atomic E-state index is 5.58. The van der Waals surface area contributed by atoms with Gasteiger partial charge in [0.1, 0.15) is 10.3 Å². The Morgan fingerprint density at radius 3 is 2.80 bits per heavy atom. The molecule has 2 aromatic rings. The summed E-state index contributed by atoms with van der Waals surface area (Å²) in [6.07, 6.45) is 1.75. The highest BCUT2D eigenvalue weighted by molar-refractivity contribution is 9.10. The van der Waals surface area contributed by atoms with E-state index in [1.54, 1.807) is 6.20 Å². The summed E-state index contributed by atoms with van der Waals surface area (Å²) in [5, 5.41) is 0. The van der Waals surface area contributed by atoms with Gasteiger partial charge in [0.05, 0.1) is 5.69 Å². The molecule has 0 saturated carbocycles. The number of pyridine rings is 1. The minimum atomic E-state index is 0.418. The van der Waals surface area contributed by atoms with E-state index in [1.807, 2.05) is 29.8 Å². The largest absolute Gasteiger partial charge is 0.325 e. The van der Waals surface area contributed by atoms with Gasteiger partial charge in [-0.3, -0.25) is 4.98 Å². The van der Waals surface area contributed by atoms with Crippen LogP contribution in [0, 0.1) is 0 Å². The van der Waals surface area contributed by atoms with Crippen molar-refractivity contribution in [1.29, 1.82) is 0 Å².